The number of carbonyl (C=O) groups excluding carboxylic acids is 2. The molecule has 2 heterocycles. The molecule has 3 amide bonds. The third-order valence-electron chi connectivity index (χ3n) is 4.52. The summed E-state index contributed by atoms with van der Waals surface area (Å²) >= 11 is 0. The Bertz CT molecular complexity index is 746. The van der Waals surface area contributed by atoms with Gasteiger partial charge in [-0.2, -0.15) is 0 Å². The van der Waals surface area contributed by atoms with Crippen LogP contribution in [0.5, 0.6) is 0 Å². The second kappa shape index (κ2) is 7.42. The van der Waals surface area contributed by atoms with Crippen LogP contribution in [0.4, 0.5) is 4.79 Å². The molecule has 0 saturated carbocycles. The second-order valence-corrected chi connectivity index (χ2v) is 6.41. The zero-order valence-electron chi connectivity index (χ0n) is 14.7. The van der Waals surface area contributed by atoms with E-state index in [-0.39, 0.29) is 11.9 Å². The normalized spacial score (nSPS) is 14.5. The Morgan fingerprint density at radius 2 is 1.68 bits per heavy atom. The first kappa shape index (κ1) is 17.1. The molecule has 0 aliphatic carbocycles. The molecule has 1 aliphatic heterocycles. The minimum Gasteiger partial charge on any atom is -0.362 e. The number of aromatic nitrogens is 1. The molecule has 25 heavy (non-hydrogen) atoms. The number of nitrogens with one attached hydrogen (secondary N) is 2. The third-order valence-corrected chi connectivity index (χ3v) is 4.52. The number of rotatable bonds is 3. The number of amides is 3. The smallest absolute Gasteiger partial charge is 0.317 e. The summed E-state index contributed by atoms with van der Waals surface area (Å²) in [5.41, 5.74) is 3.67. The molecule has 0 unspecified atom stereocenters. The lowest BCUT2D eigenvalue weighted by Crippen LogP contribution is -2.53. The van der Waals surface area contributed by atoms with Gasteiger partial charge in [0.1, 0.15) is 0 Å². The molecule has 2 aromatic rings. The summed E-state index contributed by atoms with van der Waals surface area (Å²) in [7, 11) is 0. The van der Waals surface area contributed by atoms with Crippen molar-refractivity contribution in [1.82, 2.24) is 20.1 Å². The quantitative estimate of drug-likeness (QED) is 0.900. The molecule has 6 nitrogen and oxygen atoms in total. The number of hydrogen-bond donors (Lipinski definition) is 2. The summed E-state index contributed by atoms with van der Waals surface area (Å²) in [4.78, 5) is 31.6. The van der Waals surface area contributed by atoms with Gasteiger partial charge in [0.25, 0.3) is 5.91 Å². The van der Waals surface area contributed by atoms with E-state index in [1.807, 2.05) is 55.1 Å². The maximum Gasteiger partial charge on any atom is 0.317 e. The van der Waals surface area contributed by atoms with E-state index in [2.05, 4.69) is 10.3 Å². The van der Waals surface area contributed by atoms with Crippen molar-refractivity contribution in [1.29, 1.82) is 0 Å². The van der Waals surface area contributed by atoms with Gasteiger partial charge in [-0.1, -0.05) is 30.3 Å². The highest BCUT2D eigenvalue weighted by atomic mass is 16.2. The van der Waals surface area contributed by atoms with Crippen molar-refractivity contribution >= 4 is 11.9 Å². The molecule has 132 valence electrons. The molecule has 1 fully saturated rings. The number of aromatic amines is 1. The van der Waals surface area contributed by atoms with E-state index < -0.39 is 0 Å². The van der Waals surface area contributed by atoms with E-state index in [9.17, 15) is 9.59 Å². The zero-order valence-corrected chi connectivity index (χ0v) is 14.7. The largest absolute Gasteiger partial charge is 0.362 e. The Kier molecular flexibility index (Phi) is 5.07. The molecule has 0 radical (unpaired) electrons. The van der Waals surface area contributed by atoms with Crippen LogP contribution < -0.4 is 5.32 Å². The molecule has 1 aromatic heterocycles. The van der Waals surface area contributed by atoms with Crippen LogP contribution in [0.25, 0.3) is 0 Å². The predicted octanol–water partition coefficient (Wildman–Crippen LogP) is 2.30. The van der Waals surface area contributed by atoms with Gasteiger partial charge in [-0.3, -0.25) is 4.79 Å². The Morgan fingerprint density at radius 3 is 2.28 bits per heavy atom. The Hall–Kier alpha value is -2.76. The van der Waals surface area contributed by atoms with Crippen molar-refractivity contribution in [2.75, 3.05) is 26.2 Å². The first-order valence-corrected chi connectivity index (χ1v) is 8.57. The van der Waals surface area contributed by atoms with E-state index in [1.165, 1.54) is 0 Å². The van der Waals surface area contributed by atoms with Gasteiger partial charge in [0.15, 0.2) is 0 Å². The maximum absolute atomic E-state index is 12.6. The molecule has 2 N–H and O–H groups in total. The fourth-order valence-electron chi connectivity index (χ4n) is 3.11. The average molecular weight is 340 g/mol. The van der Waals surface area contributed by atoms with Crippen LogP contribution in [0, 0.1) is 13.8 Å². The summed E-state index contributed by atoms with van der Waals surface area (Å²) in [5.74, 6) is 0.0335. The predicted molar refractivity (Wildman–Crippen MR) is 96.4 cm³/mol. The summed E-state index contributed by atoms with van der Waals surface area (Å²) in [6, 6.07) is 11.6. The van der Waals surface area contributed by atoms with Crippen LogP contribution in [0.15, 0.2) is 36.4 Å². The Morgan fingerprint density at radius 1 is 1.04 bits per heavy atom. The average Bonchev–Trinajstić information content (AvgIpc) is 2.98. The van der Waals surface area contributed by atoms with Gasteiger partial charge in [0.05, 0.1) is 5.56 Å². The highest BCUT2D eigenvalue weighted by Gasteiger charge is 2.26. The summed E-state index contributed by atoms with van der Waals surface area (Å²) in [6.45, 7) is 6.58. The Labute approximate surface area is 147 Å². The van der Waals surface area contributed by atoms with Crippen molar-refractivity contribution in [3.63, 3.8) is 0 Å². The summed E-state index contributed by atoms with van der Waals surface area (Å²) in [6.07, 6.45) is 0. The number of piperazine rings is 1. The van der Waals surface area contributed by atoms with Gasteiger partial charge in [0.2, 0.25) is 0 Å². The van der Waals surface area contributed by atoms with Crippen molar-refractivity contribution in [3.05, 3.63) is 58.9 Å². The molecule has 1 saturated heterocycles. The summed E-state index contributed by atoms with van der Waals surface area (Å²) in [5, 5.41) is 2.94. The Balaban J connectivity index is 1.50. The van der Waals surface area contributed by atoms with Crippen molar-refractivity contribution < 1.29 is 9.59 Å². The fraction of sp³-hybridized carbons (Fsp3) is 0.368. The molecule has 1 aliphatic rings. The fourth-order valence-corrected chi connectivity index (χ4v) is 3.11. The molecule has 0 atom stereocenters. The van der Waals surface area contributed by atoms with Gasteiger partial charge in [0, 0.05) is 44.1 Å². The van der Waals surface area contributed by atoms with E-state index in [0.29, 0.717) is 32.7 Å². The lowest BCUT2D eigenvalue weighted by molar-refractivity contribution is 0.0664. The monoisotopic (exact) mass is 340 g/mol. The van der Waals surface area contributed by atoms with Crippen LogP contribution in [-0.2, 0) is 6.54 Å². The van der Waals surface area contributed by atoms with Gasteiger partial charge in [-0.05, 0) is 25.5 Å². The number of urea groups is 1. The van der Waals surface area contributed by atoms with Crippen LogP contribution in [-0.4, -0.2) is 52.9 Å². The number of carbonyl (C=O) groups is 2. The third kappa shape index (κ3) is 4.02. The molecular formula is C19H24N4O2. The topological polar surface area (TPSA) is 68.4 Å². The van der Waals surface area contributed by atoms with Gasteiger partial charge >= 0.3 is 6.03 Å². The van der Waals surface area contributed by atoms with Crippen LogP contribution in [0.2, 0.25) is 0 Å². The molecule has 0 bridgehead atoms. The standard InChI is InChI=1S/C19H24N4O2/c1-14-12-17(15(2)21-14)18(24)22-8-10-23(11-9-22)19(25)20-13-16-6-4-3-5-7-16/h3-7,12,21H,8-11,13H2,1-2H3,(H,20,25). The second-order valence-electron chi connectivity index (χ2n) is 6.41. The van der Waals surface area contributed by atoms with Crippen LogP contribution >= 0.6 is 0 Å². The molecule has 0 spiro atoms. The molecule has 3 rings (SSSR count). The number of nitrogens with zero attached hydrogens (tertiary/aromatic N) is 2. The van der Waals surface area contributed by atoms with Crippen LogP contribution in [0.3, 0.4) is 0 Å². The number of hydrogen-bond acceptors (Lipinski definition) is 2. The lowest BCUT2D eigenvalue weighted by atomic mass is 10.2. The maximum atomic E-state index is 12.6. The van der Waals surface area contributed by atoms with E-state index >= 15 is 0 Å². The van der Waals surface area contributed by atoms with E-state index in [0.717, 1.165) is 22.5 Å². The number of H-pyrrole nitrogens is 1. The SMILES string of the molecule is Cc1cc(C(=O)N2CCN(C(=O)NCc3ccccc3)CC2)c(C)[nH]1. The highest BCUT2D eigenvalue weighted by molar-refractivity contribution is 5.95. The zero-order chi connectivity index (χ0) is 17.8. The van der Waals surface area contributed by atoms with Gasteiger partial charge in [-0.25, -0.2) is 4.79 Å². The molecular weight excluding hydrogens is 316 g/mol. The molecule has 6 heteroatoms. The van der Waals surface area contributed by atoms with Gasteiger partial charge in [-0.15, -0.1) is 0 Å². The van der Waals surface area contributed by atoms with E-state index in [4.69, 9.17) is 0 Å². The van der Waals surface area contributed by atoms with Crippen molar-refractivity contribution in [3.8, 4) is 0 Å². The summed E-state index contributed by atoms with van der Waals surface area (Å²) < 4.78 is 0. The van der Waals surface area contributed by atoms with Gasteiger partial charge < -0.3 is 20.1 Å². The van der Waals surface area contributed by atoms with Crippen LogP contribution in [0.1, 0.15) is 27.3 Å². The highest BCUT2D eigenvalue weighted by Crippen LogP contribution is 2.14. The first-order chi connectivity index (χ1) is 12.0. The minimum atomic E-state index is -0.0791. The lowest BCUT2D eigenvalue weighted by Gasteiger charge is -2.34. The van der Waals surface area contributed by atoms with E-state index in [1.54, 1.807) is 4.90 Å². The molecule has 1 aromatic carbocycles. The number of aryl methyl sites for hydroxylation is 2. The van der Waals surface area contributed by atoms with Crippen molar-refractivity contribution in [2.24, 2.45) is 0 Å². The first-order valence-electron chi connectivity index (χ1n) is 8.57. The minimum absolute atomic E-state index is 0.0335. The number of benzene rings is 1. The van der Waals surface area contributed by atoms with Crippen molar-refractivity contribution in [2.45, 2.75) is 20.4 Å².